The number of hydrogen-bond acceptors (Lipinski definition) is 8. The van der Waals surface area contributed by atoms with E-state index in [1.54, 1.807) is 52.5 Å². The number of carbonyl (C=O) groups excluding carboxylic acids is 2. The summed E-state index contributed by atoms with van der Waals surface area (Å²) in [4.78, 5) is 37.0. The lowest BCUT2D eigenvalue weighted by Gasteiger charge is -2.38. The van der Waals surface area contributed by atoms with Crippen molar-refractivity contribution in [3.05, 3.63) is 47.4 Å². The molecule has 0 radical (unpaired) electrons. The number of morpholine rings is 1. The highest BCUT2D eigenvalue weighted by Gasteiger charge is 2.38. The predicted molar refractivity (Wildman–Crippen MR) is 159 cm³/mol. The van der Waals surface area contributed by atoms with Crippen molar-refractivity contribution < 1.29 is 41.7 Å². The Kier molecular flexibility index (Phi) is 8.89. The van der Waals surface area contributed by atoms with Crippen LogP contribution in [0.1, 0.15) is 83.2 Å². The number of alkyl halides is 3. The van der Waals surface area contributed by atoms with Crippen molar-refractivity contribution in [2.75, 3.05) is 33.0 Å². The molecule has 45 heavy (non-hydrogen) atoms. The molecule has 13 heteroatoms. The van der Waals surface area contributed by atoms with E-state index in [9.17, 15) is 22.8 Å². The quantitative estimate of drug-likeness (QED) is 0.301. The molecule has 0 saturated carbocycles. The minimum absolute atomic E-state index is 0.109. The van der Waals surface area contributed by atoms with Gasteiger partial charge in [-0.05, 0) is 78.0 Å². The maximum atomic E-state index is 14.2. The molecule has 3 aromatic heterocycles. The average Bonchev–Trinajstić information content (AvgIpc) is 3.36. The molecule has 0 aliphatic carbocycles. The van der Waals surface area contributed by atoms with Gasteiger partial charge in [0.1, 0.15) is 22.9 Å². The van der Waals surface area contributed by atoms with Crippen molar-refractivity contribution in [2.45, 2.75) is 83.7 Å². The van der Waals surface area contributed by atoms with E-state index in [1.807, 2.05) is 6.07 Å². The first kappa shape index (κ1) is 32.7. The van der Waals surface area contributed by atoms with Crippen molar-refractivity contribution in [2.24, 2.45) is 0 Å². The van der Waals surface area contributed by atoms with Gasteiger partial charge in [-0.2, -0.15) is 13.2 Å². The second-order valence-corrected chi connectivity index (χ2v) is 13.3. The monoisotopic (exact) mass is 632 g/mol. The Morgan fingerprint density at radius 3 is 2.24 bits per heavy atom. The third kappa shape index (κ3) is 7.41. The lowest BCUT2D eigenvalue weighted by Crippen LogP contribution is -2.46. The van der Waals surface area contributed by atoms with E-state index in [2.05, 4.69) is 4.98 Å². The van der Waals surface area contributed by atoms with Gasteiger partial charge >= 0.3 is 18.4 Å². The first-order valence-electron chi connectivity index (χ1n) is 15.0. The third-order valence-corrected chi connectivity index (χ3v) is 7.53. The minimum Gasteiger partial charge on any atom is -0.444 e. The van der Waals surface area contributed by atoms with Gasteiger partial charge in [0.25, 0.3) is 0 Å². The largest absolute Gasteiger partial charge is 0.444 e. The average molecular weight is 633 g/mol. The van der Waals surface area contributed by atoms with Crippen LogP contribution in [0.15, 0.2) is 30.6 Å². The van der Waals surface area contributed by atoms with Crippen molar-refractivity contribution in [1.82, 2.24) is 19.4 Å². The van der Waals surface area contributed by atoms with Crippen LogP contribution in [0.3, 0.4) is 0 Å². The summed E-state index contributed by atoms with van der Waals surface area (Å²) in [5.74, 6) is 0.109. The molecule has 244 valence electrons. The van der Waals surface area contributed by atoms with Gasteiger partial charge in [-0.3, -0.25) is 9.88 Å². The van der Waals surface area contributed by atoms with E-state index in [0.29, 0.717) is 49.5 Å². The molecule has 1 amide bonds. The SMILES string of the molecule is CC(C)(C)OC(=O)N1CCOC[C@H]1c1nc(-c2cnc3c(c2)c(C(F)(F)F)cn3C(=O)OC(C)(C)C)ccc1C1CCOCC1. The Balaban J connectivity index is 1.61. The van der Waals surface area contributed by atoms with E-state index < -0.39 is 41.2 Å². The van der Waals surface area contributed by atoms with Crippen LogP contribution in [0.4, 0.5) is 22.8 Å². The number of pyridine rings is 2. The van der Waals surface area contributed by atoms with E-state index in [0.717, 1.165) is 23.0 Å². The number of hydrogen-bond donors (Lipinski definition) is 0. The van der Waals surface area contributed by atoms with Gasteiger partial charge in [0.15, 0.2) is 0 Å². The Labute approximate surface area is 259 Å². The van der Waals surface area contributed by atoms with Crippen molar-refractivity contribution in [3.8, 4) is 11.3 Å². The third-order valence-electron chi connectivity index (χ3n) is 7.53. The van der Waals surface area contributed by atoms with E-state index in [4.69, 9.17) is 23.9 Å². The molecule has 5 heterocycles. The molecule has 0 aromatic carbocycles. The number of amides is 1. The highest BCUT2D eigenvalue weighted by atomic mass is 19.4. The van der Waals surface area contributed by atoms with Crippen LogP contribution in [0.25, 0.3) is 22.3 Å². The Bertz CT molecular complexity index is 1570. The van der Waals surface area contributed by atoms with E-state index in [1.165, 1.54) is 12.3 Å². The maximum Gasteiger partial charge on any atom is 0.420 e. The number of rotatable bonds is 3. The number of carbonyl (C=O) groups is 2. The van der Waals surface area contributed by atoms with Crippen LogP contribution in [-0.2, 0) is 25.1 Å². The predicted octanol–water partition coefficient (Wildman–Crippen LogP) is 7.10. The summed E-state index contributed by atoms with van der Waals surface area (Å²) in [5.41, 5.74) is -0.650. The highest BCUT2D eigenvalue weighted by Crippen LogP contribution is 2.39. The normalized spacial score (nSPS) is 18.7. The molecule has 0 bridgehead atoms. The molecule has 2 aliphatic heterocycles. The number of nitrogens with zero attached hydrogens (tertiary/aromatic N) is 4. The summed E-state index contributed by atoms with van der Waals surface area (Å²) in [6.45, 7) is 12.2. The fourth-order valence-electron chi connectivity index (χ4n) is 5.56. The summed E-state index contributed by atoms with van der Waals surface area (Å²) in [6.07, 6.45) is -2.62. The van der Waals surface area contributed by atoms with Crippen LogP contribution in [0.5, 0.6) is 0 Å². The second kappa shape index (κ2) is 12.2. The molecule has 2 aliphatic rings. The van der Waals surface area contributed by atoms with Crippen molar-refractivity contribution in [3.63, 3.8) is 0 Å². The summed E-state index contributed by atoms with van der Waals surface area (Å²) in [5, 5.41) is -0.265. The lowest BCUT2D eigenvalue weighted by molar-refractivity contribution is -0.136. The van der Waals surface area contributed by atoms with Gasteiger partial charge in [-0.25, -0.2) is 19.1 Å². The molecule has 0 spiro atoms. The maximum absolute atomic E-state index is 14.2. The van der Waals surface area contributed by atoms with Gasteiger partial charge in [-0.1, -0.05) is 6.07 Å². The Morgan fingerprint density at radius 1 is 0.933 bits per heavy atom. The van der Waals surface area contributed by atoms with Crippen LogP contribution in [0.2, 0.25) is 0 Å². The second-order valence-electron chi connectivity index (χ2n) is 13.3. The van der Waals surface area contributed by atoms with Crippen LogP contribution < -0.4 is 0 Å². The molecule has 5 rings (SSSR count). The standard InChI is InChI=1S/C32H39F3N4O6/c1-30(2,3)44-28(40)38-11-14-43-18-25(38)26-21(19-9-12-42-13-10-19)7-8-24(37-26)20-15-22-23(32(33,34)35)17-39(27(22)36-16-20)29(41)45-31(4,5)6/h7-8,15-17,19,25H,9-14,18H2,1-6H3/t25-/m0/s1. The first-order valence-corrected chi connectivity index (χ1v) is 15.0. The summed E-state index contributed by atoms with van der Waals surface area (Å²) < 4.78 is 65.7. The number of ether oxygens (including phenoxy) is 4. The van der Waals surface area contributed by atoms with Gasteiger partial charge in [0.2, 0.25) is 0 Å². The van der Waals surface area contributed by atoms with Gasteiger partial charge in [0, 0.05) is 43.1 Å². The van der Waals surface area contributed by atoms with Crippen LogP contribution in [-0.4, -0.2) is 75.8 Å². The highest BCUT2D eigenvalue weighted by molar-refractivity contribution is 5.92. The topological polar surface area (TPSA) is 105 Å². The minimum atomic E-state index is -4.76. The summed E-state index contributed by atoms with van der Waals surface area (Å²) in [7, 11) is 0. The molecule has 2 fully saturated rings. The molecule has 2 saturated heterocycles. The molecular formula is C32H39F3N4O6. The fraction of sp³-hybridized carbons (Fsp3) is 0.562. The molecule has 0 N–H and O–H groups in total. The van der Waals surface area contributed by atoms with E-state index in [-0.39, 0.29) is 23.6 Å². The molecule has 1 atom stereocenters. The van der Waals surface area contributed by atoms with Crippen LogP contribution >= 0.6 is 0 Å². The number of aromatic nitrogens is 3. The number of halogens is 3. The zero-order valence-electron chi connectivity index (χ0n) is 26.4. The van der Waals surface area contributed by atoms with Gasteiger partial charge in [0.05, 0.1) is 30.2 Å². The Hall–Kier alpha value is -3.71. The van der Waals surface area contributed by atoms with Crippen LogP contribution in [0, 0.1) is 0 Å². The summed E-state index contributed by atoms with van der Waals surface area (Å²) in [6, 6.07) is 4.41. The first-order chi connectivity index (χ1) is 21.0. The molecule has 0 unspecified atom stereocenters. The zero-order chi connectivity index (χ0) is 32.7. The lowest BCUT2D eigenvalue weighted by atomic mass is 9.87. The van der Waals surface area contributed by atoms with Crippen molar-refractivity contribution >= 4 is 23.2 Å². The summed E-state index contributed by atoms with van der Waals surface area (Å²) >= 11 is 0. The molecule has 3 aromatic rings. The zero-order valence-corrected chi connectivity index (χ0v) is 26.4. The molecular weight excluding hydrogens is 593 g/mol. The smallest absolute Gasteiger partial charge is 0.420 e. The molecule has 10 nitrogen and oxygen atoms in total. The van der Waals surface area contributed by atoms with Gasteiger partial charge in [-0.15, -0.1) is 0 Å². The number of fused-ring (bicyclic) bond motifs is 1. The Morgan fingerprint density at radius 2 is 1.60 bits per heavy atom. The van der Waals surface area contributed by atoms with E-state index >= 15 is 0 Å². The van der Waals surface area contributed by atoms with Crippen molar-refractivity contribution in [1.29, 1.82) is 0 Å². The fourth-order valence-corrected chi connectivity index (χ4v) is 5.56. The van der Waals surface area contributed by atoms with Gasteiger partial charge < -0.3 is 18.9 Å².